The largest absolute Gasteiger partial charge is 0.376 e. The van der Waals surface area contributed by atoms with E-state index in [0.717, 1.165) is 18.2 Å². The summed E-state index contributed by atoms with van der Waals surface area (Å²) in [7, 11) is 0. The van der Waals surface area contributed by atoms with Crippen LogP contribution in [-0.2, 0) is 4.79 Å². The second kappa shape index (κ2) is 7.17. The molecule has 1 aliphatic rings. The van der Waals surface area contributed by atoms with E-state index in [0.29, 0.717) is 12.5 Å². The molecule has 1 amide bonds. The van der Waals surface area contributed by atoms with Crippen LogP contribution in [0, 0.1) is 11.8 Å². The van der Waals surface area contributed by atoms with Crippen molar-refractivity contribution in [3.63, 3.8) is 0 Å². The van der Waals surface area contributed by atoms with Gasteiger partial charge in [0, 0.05) is 12.2 Å². The summed E-state index contributed by atoms with van der Waals surface area (Å²) in [6.07, 6.45) is 5.13. The predicted octanol–water partition coefficient (Wildman–Crippen LogP) is 3.04. The summed E-state index contributed by atoms with van der Waals surface area (Å²) in [6, 6.07) is 9.83. The zero-order valence-electron chi connectivity index (χ0n) is 11.7. The maximum Gasteiger partial charge on any atom is 0.239 e. The average molecular weight is 260 g/mol. The molecule has 0 saturated heterocycles. The molecule has 1 aromatic carbocycles. The van der Waals surface area contributed by atoms with Gasteiger partial charge in [0.25, 0.3) is 0 Å². The van der Waals surface area contributed by atoms with Crippen LogP contribution in [0.2, 0.25) is 0 Å². The molecule has 2 N–H and O–H groups in total. The zero-order chi connectivity index (χ0) is 13.5. The van der Waals surface area contributed by atoms with Gasteiger partial charge in [0.2, 0.25) is 5.91 Å². The lowest BCUT2D eigenvalue weighted by atomic mass is 9.83. The first-order valence-electron chi connectivity index (χ1n) is 7.29. The van der Waals surface area contributed by atoms with Gasteiger partial charge in [-0.25, -0.2) is 0 Å². The molecule has 1 aliphatic carbocycles. The second-order valence-corrected chi connectivity index (χ2v) is 5.65. The minimum Gasteiger partial charge on any atom is -0.376 e. The van der Waals surface area contributed by atoms with Gasteiger partial charge in [0.05, 0.1) is 6.54 Å². The number of carbonyl (C=O) groups excluding carboxylic acids is 1. The molecule has 0 aromatic heterocycles. The number of hydrogen-bond acceptors (Lipinski definition) is 2. The highest BCUT2D eigenvalue weighted by atomic mass is 16.1. The molecule has 0 aliphatic heterocycles. The molecule has 0 bridgehead atoms. The van der Waals surface area contributed by atoms with Gasteiger partial charge in [-0.3, -0.25) is 4.79 Å². The topological polar surface area (TPSA) is 41.1 Å². The lowest BCUT2D eigenvalue weighted by Crippen LogP contribution is -2.34. The van der Waals surface area contributed by atoms with Crippen molar-refractivity contribution in [3.8, 4) is 0 Å². The van der Waals surface area contributed by atoms with Crippen LogP contribution in [0.4, 0.5) is 5.69 Å². The van der Waals surface area contributed by atoms with Gasteiger partial charge in [-0.05, 0) is 36.8 Å². The minimum atomic E-state index is 0.0856. The number of para-hydroxylation sites is 1. The Morgan fingerprint density at radius 3 is 2.53 bits per heavy atom. The predicted molar refractivity (Wildman–Crippen MR) is 79.1 cm³/mol. The van der Waals surface area contributed by atoms with Crippen LogP contribution in [0.25, 0.3) is 0 Å². The van der Waals surface area contributed by atoms with Crippen molar-refractivity contribution in [3.05, 3.63) is 30.3 Å². The van der Waals surface area contributed by atoms with E-state index in [4.69, 9.17) is 0 Å². The molecule has 2 rings (SSSR count). The fourth-order valence-electron chi connectivity index (χ4n) is 2.59. The number of benzene rings is 1. The van der Waals surface area contributed by atoms with Gasteiger partial charge in [-0.15, -0.1) is 0 Å². The van der Waals surface area contributed by atoms with E-state index in [1.165, 1.54) is 25.7 Å². The summed E-state index contributed by atoms with van der Waals surface area (Å²) in [4.78, 5) is 11.7. The van der Waals surface area contributed by atoms with Crippen LogP contribution in [0.1, 0.15) is 32.6 Å². The Kier molecular flexibility index (Phi) is 5.25. The van der Waals surface area contributed by atoms with E-state index in [2.05, 4.69) is 17.6 Å². The van der Waals surface area contributed by atoms with Crippen molar-refractivity contribution in [2.75, 3.05) is 18.4 Å². The van der Waals surface area contributed by atoms with E-state index in [9.17, 15) is 4.79 Å². The molecular formula is C16H24N2O. The molecule has 104 valence electrons. The summed E-state index contributed by atoms with van der Waals surface area (Å²) in [6.45, 7) is 3.51. The Hall–Kier alpha value is -1.51. The Balaban J connectivity index is 1.62. The van der Waals surface area contributed by atoms with E-state index in [1.54, 1.807) is 0 Å². The first kappa shape index (κ1) is 13.9. The lowest BCUT2D eigenvalue weighted by molar-refractivity contribution is -0.119. The first-order chi connectivity index (χ1) is 9.24. The summed E-state index contributed by atoms with van der Waals surface area (Å²) in [5.74, 6) is 1.63. The summed E-state index contributed by atoms with van der Waals surface area (Å²) in [5, 5.41) is 6.16. The van der Waals surface area contributed by atoms with Crippen LogP contribution in [0.3, 0.4) is 0 Å². The van der Waals surface area contributed by atoms with E-state index in [-0.39, 0.29) is 5.91 Å². The molecule has 3 heteroatoms. The van der Waals surface area contributed by atoms with Crippen molar-refractivity contribution in [2.24, 2.45) is 11.8 Å². The van der Waals surface area contributed by atoms with Crippen LogP contribution in [0.15, 0.2) is 30.3 Å². The van der Waals surface area contributed by atoms with Crippen molar-refractivity contribution in [1.29, 1.82) is 0 Å². The van der Waals surface area contributed by atoms with Crippen LogP contribution >= 0.6 is 0 Å². The average Bonchev–Trinajstić information content (AvgIpc) is 2.45. The Labute approximate surface area is 115 Å². The number of nitrogens with one attached hydrogen (secondary N) is 2. The molecule has 3 nitrogen and oxygen atoms in total. The summed E-state index contributed by atoms with van der Waals surface area (Å²) >= 11 is 0. The van der Waals surface area contributed by atoms with Gasteiger partial charge >= 0.3 is 0 Å². The monoisotopic (exact) mass is 260 g/mol. The third-order valence-electron chi connectivity index (χ3n) is 3.95. The highest BCUT2D eigenvalue weighted by molar-refractivity contribution is 5.80. The molecule has 19 heavy (non-hydrogen) atoms. The van der Waals surface area contributed by atoms with Crippen molar-refractivity contribution < 1.29 is 4.79 Å². The highest BCUT2D eigenvalue weighted by Gasteiger charge is 2.18. The van der Waals surface area contributed by atoms with E-state index in [1.807, 2.05) is 30.3 Å². The van der Waals surface area contributed by atoms with Crippen molar-refractivity contribution in [1.82, 2.24) is 5.32 Å². The van der Waals surface area contributed by atoms with Gasteiger partial charge in [0.1, 0.15) is 0 Å². The molecule has 0 radical (unpaired) electrons. The minimum absolute atomic E-state index is 0.0856. The van der Waals surface area contributed by atoms with Gasteiger partial charge in [0.15, 0.2) is 0 Å². The Morgan fingerprint density at radius 1 is 1.16 bits per heavy atom. The summed E-state index contributed by atoms with van der Waals surface area (Å²) in [5.41, 5.74) is 0.990. The van der Waals surface area contributed by atoms with Crippen LogP contribution in [-0.4, -0.2) is 19.0 Å². The number of amides is 1. The molecule has 1 fully saturated rings. The summed E-state index contributed by atoms with van der Waals surface area (Å²) < 4.78 is 0. The molecule has 0 atom stereocenters. The zero-order valence-corrected chi connectivity index (χ0v) is 11.7. The molecule has 0 heterocycles. The van der Waals surface area contributed by atoms with E-state index < -0.39 is 0 Å². The van der Waals surface area contributed by atoms with Crippen molar-refractivity contribution in [2.45, 2.75) is 32.6 Å². The maximum atomic E-state index is 11.7. The highest BCUT2D eigenvalue weighted by Crippen LogP contribution is 2.27. The van der Waals surface area contributed by atoms with Gasteiger partial charge in [-0.2, -0.15) is 0 Å². The van der Waals surface area contributed by atoms with Crippen molar-refractivity contribution >= 4 is 11.6 Å². The Bertz CT molecular complexity index is 383. The molecule has 1 aromatic rings. The normalized spacial score (nSPS) is 22.8. The quantitative estimate of drug-likeness (QED) is 0.854. The SMILES string of the molecule is CC1CCC(CNC(=O)CNc2ccccc2)CC1. The van der Waals surface area contributed by atoms with Crippen LogP contribution in [0.5, 0.6) is 0 Å². The lowest BCUT2D eigenvalue weighted by Gasteiger charge is -2.26. The standard InChI is InChI=1S/C16H24N2O/c1-13-7-9-14(10-8-13)11-18-16(19)12-17-15-5-3-2-4-6-15/h2-6,13-14,17H,7-12H2,1H3,(H,18,19). The molecular weight excluding hydrogens is 236 g/mol. The number of rotatable bonds is 5. The van der Waals surface area contributed by atoms with Gasteiger partial charge in [-0.1, -0.05) is 38.0 Å². The third kappa shape index (κ3) is 4.93. The fourth-order valence-corrected chi connectivity index (χ4v) is 2.59. The number of carbonyl (C=O) groups is 1. The smallest absolute Gasteiger partial charge is 0.239 e. The Morgan fingerprint density at radius 2 is 1.84 bits per heavy atom. The maximum absolute atomic E-state index is 11.7. The third-order valence-corrected chi connectivity index (χ3v) is 3.95. The van der Waals surface area contributed by atoms with Gasteiger partial charge < -0.3 is 10.6 Å². The fraction of sp³-hybridized carbons (Fsp3) is 0.562. The molecule has 1 saturated carbocycles. The first-order valence-corrected chi connectivity index (χ1v) is 7.29. The molecule has 0 spiro atoms. The van der Waals surface area contributed by atoms with Crippen LogP contribution < -0.4 is 10.6 Å². The number of hydrogen-bond donors (Lipinski definition) is 2. The number of anilines is 1. The van der Waals surface area contributed by atoms with E-state index >= 15 is 0 Å². The molecule has 0 unspecified atom stereocenters. The second-order valence-electron chi connectivity index (χ2n) is 5.65.